The third-order valence-corrected chi connectivity index (χ3v) is 5.71. The Morgan fingerprint density at radius 1 is 1.07 bits per heavy atom. The highest BCUT2D eigenvalue weighted by Gasteiger charge is 2.16. The van der Waals surface area contributed by atoms with Crippen LogP contribution in [0.5, 0.6) is 5.75 Å². The number of halogens is 1. The fourth-order valence-corrected chi connectivity index (χ4v) is 3.88. The first-order chi connectivity index (χ1) is 14.1. The Labute approximate surface area is 178 Å². The molecule has 29 heavy (non-hydrogen) atoms. The largest absolute Gasteiger partial charge is 0.484 e. The van der Waals surface area contributed by atoms with Crippen LogP contribution < -0.4 is 15.5 Å². The number of hydrazone groups is 1. The number of anilines is 2. The van der Waals surface area contributed by atoms with Gasteiger partial charge in [0.05, 0.1) is 17.1 Å². The van der Waals surface area contributed by atoms with Crippen LogP contribution in [0.3, 0.4) is 0 Å². The molecule has 0 fully saturated rings. The molecule has 3 aromatic rings. The molecule has 0 aliphatic carbocycles. The summed E-state index contributed by atoms with van der Waals surface area (Å²) in [5.74, 6) is 0.240. The van der Waals surface area contributed by atoms with Crippen molar-refractivity contribution in [2.24, 2.45) is 5.10 Å². The van der Waals surface area contributed by atoms with Crippen molar-refractivity contribution in [1.82, 2.24) is 5.43 Å². The Bertz CT molecular complexity index is 1080. The number of rotatable bonds is 5. The molecule has 2 N–H and O–H groups in total. The summed E-state index contributed by atoms with van der Waals surface area (Å²) in [5, 5.41) is 8.26. The van der Waals surface area contributed by atoms with Gasteiger partial charge in [-0.05, 0) is 61.0 Å². The van der Waals surface area contributed by atoms with Gasteiger partial charge in [0.1, 0.15) is 5.75 Å². The Morgan fingerprint density at radius 3 is 2.66 bits per heavy atom. The molecule has 1 amide bonds. The van der Waals surface area contributed by atoms with Crippen LogP contribution in [0.15, 0.2) is 81.6 Å². The molecule has 1 heterocycles. The molecule has 3 aromatic carbocycles. The van der Waals surface area contributed by atoms with E-state index < -0.39 is 0 Å². The van der Waals surface area contributed by atoms with Gasteiger partial charge in [-0.3, -0.25) is 4.79 Å². The molecule has 0 unspecified atom stereocenters. The minimum Gasteiger partial charge on any atom is -0.484 e. The Hall–Kier alpha value is -2.96. The van der Waals surface area contributed by atoms with E-state index >= 15 is 0 Å². The standard InChI is InChI=1S/C22H18ClN3O2S/c1-14(25-26-22(27)13-28-17-9-7-16(23)8-10-17)15-6-11-21-19(12-15)24-18-4-2-3-5-20(18)29-21/h2-12,24H,13H2,1H3,(H,26,27)/b25-14-. The van der Waals surface area contributed by atoms with Crippen molar-refractivity contribution in [2.45, 2.75) is 16.7 Å². The van der Waals surface area contributed by atoms with Gasteiger partial charge in [-0.25, -0.2) is 5.43 Å². The molecule has 146 valence electrons. The smallest absolute Gasteiger partial charge is 0.277 e. The fraction of sp³-hybridized carbons (Fsp3) is 0.0909. The molecular weight excluding hydrogens is 406 g/mol. The summed E-state index contributed by atoms with van der Waals surface area (Å²) in [6.45, 7) is 1.73. The number of fused-ring (bicyclic) bond motifs is 2. The second-order valence-electron chi connectivity index (χ2n) is 6.41. The summed E-state index contributed by atoms with van der Waals surface area (Å²) in [6, 6.07) is 21.1. The number of carbonyl (C=O) groups excluding carboxylic acids is 1. The fourth-order valence-electron chi connectivity index (χ4n) is 2.79. The number of hydrogen-bond acceptors (Lipinski definition) is 5. The van der Waals surface area contributed by atoms with Crippen LogP contribution in [0, 0.1) is 0 Å². The zero-order chi connectivity index (χ0) is 20.2. The van der Waals surface area contributed by atoms with Crippen molar-refractivity contribution in [3.8, 4) is 5.75 Å². The van der Waals surface area contributed by atoms with Gasteiger partial charge in [-0.15, -0.1) is 0 Å². The number of para-hydroxylation sites is 1. The van der Waals surface area contributed by atoms with E-state index in [0.717, 1.165) is 21.8 Å². The highest BCUT2D eigenvalue weighted by molar-refractivity contribution is 7.99. The average Bonchev–Trinajstić information content (AvgIpc) is 2.75. The quantitative estimate of drug-likeness (QED) is 0.330. The maximum Gasteiger partial charge on any atom is 0.277 e. The Morgan fingerprint density at radius 2 is 1.83 bits per heavy atom. The van der Waals surface area contributed by atoms with Gasteiger partial charge in [0.2, 0.25) is 0 Å². The molecule has 7 heteroatoms. The van der Waals surface area contributed by atoms with E-state index in [4.69, 9.17) is 16.3 Å². The van der Waals surface area contributed by atoms with E-state index in [9.17, 15) is 4.79 Å². The van der Waals surface area contributed by atoms with Crippen LogP contribution >= 0.6 is 23.4 Å². The number of ether oxygens (including phenoxy) is 1. The second-order valence-corrected chi connectivity index (χ2v) is 7.93. The van der Waals surface area contributed by atoms with E-state index in [2.05, 4.69) is 34.0 Å². The van der Waals surface area contributed by atoms with E-state index in [-0.39, 0.29) is 12.5 Å². The molecule has 0 spiro atoms. The lowest BCUT2D eigenvalue weighted by Gasteiger charge is -2.21. The van der Waals surface area contributed by atoms with Gasteiger partial charge in [-0.1, -0.05) is 41.6 Å². The van der Waals surface area contributed by atoms with E-state index in [1.807, 2.05) is 31.2 Å². The number of nitrogens with zero attached hydrogens (tertiary/aromatic N) is 1. The van der Waals surface area contributed by atoms with Crippen molar-refractivity contribution in [3.05, 3.63) is 77.3 Å². The number of nitrogens with one attached hydrogen (secondary N) is 2. The molecule has 0 saturated carbocycles. The first-order valence-corrected chi connectivity index (χ1v) is 10.2. The van der Waals surface area contributed by atoms with Crippen LogP contribution in [0.1, 0.15) is 12.5 Å². The summed E-state index contributed by atoms with van der Waals surface area (Å²) < 4.78 is 5.42. The van der Waals surface area contributed by atoms with Gasteiger partial charge in [-0.2, -0.15) is 5.10 Å². The summed E-state index contributed by atoms with van der Waals surface area (Å²) in [6.07, 6.45) is 0. The molecule has 0 saturated heterocycles. The molecule has 0 aromatic heterocycles. The Kier molecular flexibility index (Phi) is 5.74. The normalized spacial score (nSPS) is 12.4. The molecule has 0 bridgehead atoms. The highest BCUT2D eigenvalue weighted by atomic mass is 35.5. The van der Waals surface area contributed by atoms with Crippen molar-refractivity contribution in [3.63, 3.8) is 0 Å². The SMILES string of the molecule is C/C(=N/NC(=O)COc1ccc(Cl)cc1)c1ccc2c(c1)Nc1ccccc1S2. The predicted molar refractivity (Wildman–Crippen MR) is 118 cm³/mol. The molecule has 0 radical (unpaired) electrons. The minimum absolute atomic E-state index is 0.127. The lowest BCUT2D eigenvalue weighted by atomic mass is 10.1. The molecule has 1 aliphatic heterocycles. The lowest BCUT2D eigenvalue weighted by molar-refractivity contribution is -0.123. The molecular formula is C22H18ClN3O2S. The van der Waals surface area contributed by atoms with Gasteiger partial charge in [0.25, 0.3) is 5.91 Å². The topological polar surface area (TPSA) is 62.7 Å². The summed E-state index contributed by atoms with van der Waals surface area (Å²) in [7, 11) is 0. The maximum atomic E-state index is 12.0. The number of hydrogen-bond donors (Lipinski definition) is 2. The van der Waals surface area contributed by atoms with Gasteiger partial charge in [0.15, 0.2) is 6.61 Å². The van der Waals surface area contributed by atoms with E-state index in [1.54, 1.807) is 36.0 Å². The van der Waals surface area contributed by atoms with E-state index in [1.165, 1.54) is 4.90 Å². The predicted octanol–water partition coefficient (Wildman–Crippen LogP) is 5.47. The monoisotopic (exact) mass is 423 g/mol. The van der Waals surface area contributed by atoms with Crippen LogP contribution in [-0.4, -0.2) is 18.2 Å². The van der Waals surface area contributed by atoms with Gasteiger partial charge < -0.3 is 10.1 Å². The third kappa shape index (κ3) is 4.72. The van der Waals surface area contributed by atoms with Crippen molar-refractivity contribution >= 4 is 46.4 Å². The zero-order valence-electron chi connectivity index (χ0n) is 15.6. The number of benzene rings is 3. The number of carbonyl (C=O) groups is 1. The third-order valence-electron chi connectivity index (χ3n) is 4.31. The van der Waals surface area contributed by atoms with Crippen LogP contribution in [0.4, 0.5) is 11.4 Å². The zero-order valence-corrected chi connectivity index (χ0v) is 17.2. The van der Waals surface area contributed by atoms with Crippen molar-refractivity contribution in [1.29, 1.82) is 0 Å². The number of amides is 1. The maximum absolute atomic E-state index is 12.0. The lowest BCUT2D eigenvalue weighted by Crippen LogP contribution is -2.25. The summed E-state index contributed by atoms with van der Waals surface area (Å²) >= 11 is 7.56. The van der Waals surface area contributed by atoms with Gasteiger partial charge in [0, 0.05) is 14.8 Å². The highest BCUT2D eigenvalue weighted by Crippen LogP contribution is 2.44. The minimum atomic E-state index is -0.333. The molecule has 0 atom stereocenters. The first kappa shape index (κ1) is 19.4. The molecule has 1 aliphatic rings. The second kappa shape index (κ2) is 8.59. The Balaban J connectivity index is 1.38. The van der Waals surface area contributed by atoms with E-state index in [0.29, 0.717) is 16.5 Å². The first-order valence-electron chi connectivity index (χ1n) is 8.98. The van der Waals surface area contributed by atoms with Crippen LogP contribution in [0.2, 0.25) is 5.02 Å². The average molecular weight is 424 g/mol. The molecule has 5 nitrogen and oxygen atoms in total. The van der Waals surface area contributed by atoms with Crippen molar-refractivity contribution in [2.75, 3.05) is 11.9 Å². The van der Waals surface area contributed by atoms with Crippen LogP contribution in [0.25, 0.3) is 0 Å². The summed E-state index contributed by atoms with van der Waals surface area (Å²) in [4.78, 5) is 14.4. The van der Waals surface area contributed by atoms with Crippen LogP contribution in [-0.2, 0) is 4.79 Å². The van der Waals surface area contributed by atoms with Crippen molar-refractivity contribution < 1.29 is 9.53 Å². The van der Waals surface area contributed by atoms with Gasteiger partial charge >= 0.3 is 0 Å². The molecule has 4 rings (SSSR count). The summed E-state index contributed by atoms with van der Waals surface area (Å²) in [5.41, 5.74) is 6.28.